The number of nitrogens with one attached hydrogen (secondary N) is 1. The third-order valence-electron chi connectivity index (χ3n) is 3.66. The molecule has 0 aromatic carbocycles. The summed E-state index contributed by atoms with van der Waals surface area (Å²) in [6, 6.07) is 0. The molecule has 1 fully saturated rings. The number of rotatable bonds is 8. The summed E-state index contributed by atoms with van der Waals surface area (Å²) < 4.78 is 5.31. The van der Waals surface area contributed by atoms with Gasteiger partial charge in [0.05, 0.1) is 13.2 Å². The van der Waals surface area contributed by atoms with Crippen molar-refractivity contribution in [2.75, 3.05) is 39.4 Å². The summed E-state index contributed by atoms with van der Waals surface area (Å²) in [5.74, 6) is 0.426. The molecule has 1 saturated heterocycles. The van der Waals surface area contributed by atoms with Crippen LogP contribution in [-0.2, 0) is 9.53 Å². The molecule has 0 spiro atoms. The van der Waals surface area contributed by atoms with Gasteiger partial charge in [-0.15, -0.1) is 0 Å². The van der Waals surface area contributed by atoms with Crippen molar-refractivity contribution < 1.29 is 9.53 Å². The summed E-state index contributed by atoms with van der Waals surface area (Å²) >= 11 is 0. The summed E-state index contributed by atoms with van der Waals surface area (Å²) in [4.78, 5) is 14.2. The smallest absolute Gasteiger partial charge is 0.223 e. The van der Waals surface area contributed by atoms with Gasteiger partial charge >= 0.3 is 0 Å². The van der Waals surface area contributed by atoms with E-state index in [1.807, 2.05) is 0 Å². The lowest BCUT2D eigenvalue weighted by Gasteiger charge is -2.26. The molecule has 0 aromatic rings. The topological polar surface area (TPSA) is 41.6 Å². The Morgan fingerprint density at radius 2 is 1.89 bits per heavy atom. The van der Waals surface area contributed by atoms with E-state index in [0.717, 1.165) is 65.1 Å². The van der Waals surface area contributed by atoms with E-state index in [-0.39, 0.29) is 11.8 Å². The Morgan fingerprint density at radius 1 is 1.22 bits per heavy atom. The zero-order valence-electron chi connectivity index (χ0n) is 11.9. The molecule has 4 nitrogen and oxygen atoms in total. The maximum atomic E-state index is 11.7. The number of ether oxygens (including phenoxy) is 1. The zero-order chi connectivity index (χ0) is 13.2. The third kappa shape index (κ3) is 5.83. The quantitative estimate of drug-likeness (QED) is 0.671. The number of hydrogen-bond acceptors (Lipinski definition) is 3. The molecular formula is C14H28N2O2. The summed E-state index contributed by atoms with van der Waals surface area (Å²) in [5, 5.41) is 3.04. The summed E-state index contributed by atoms with van der Waals surface area (Å²) in [7, 11) is 0. The Hall–Kier alpha value is -0.610. The monoisotopic (exact) mass is 256 g/mol. The van der Waals surface area contributed by atoms with Crippen LogP contribution in [0.1, 0.15) is 39.5 Å². The van der Waals surface area contributed by atoms with E-state index in [1.54, 1.807) is 0 Å². The molecular weight excluding hydrogens is 228 g/mol. The van der Waals surface area contributed by atoms with Gasteiger partial charge in [-0.2, -0.15) is 0 Å². The molecule has 1 heterocycles. The van der Waals surface area contributed by atoms with Crippen LogP contribution >= 0.6 is 0 Å². The maximum Gasteiger partial charge on any atom is 0.223 e. The highest BCUT2D eigenvalue weighted by Gasteiger charge is 2.13. The molecule has 18 heavy (non-hydrogen) atoms. The molecule has 4 heteroatoms. The molecule has 0 radical (unpaired) electrons. The first-order valence-corrected chi connectivity index (χ1v) is 7.35. The number of hydrogen-bond donors (Lipinski definition) is 1. The van der Waals surface area contributed by atoms with Crippen LogP contribution in [0.5, 0.6) is 0 Å². The second-order valence-electron chi connectivity index (χ2n) is 4.97. The largest absolute Gasteiger partial charge is 0.379 e. The second kappa shape index (κ2) is 9.34. The Labute approximate surface area is 111 Å². The van der Waals surface area contributed by atoms with Crippen molar-refractivity contribution in [2.24, 2.45) is 5.92 Å². The third-order valence-corrected chi connectivity index (χ3v) is 3.66. The van der Waals surface area contributed by atoms with Gasteiger partial charge in [-0.3, -0.25) is 9.69 Å². The van der Waals surface area contributed by atoms with Gasteiger partial charge in [-0.05, 0) is 32.2 Å². The fraction of sp³-hybridized carbons (Fsp3) is 0.929. The van der Waals surface area contributed by atoms with Crippen LogP contribution in [0, 0.1) is 5.92 Å². The van der Waals surface area contributed by atoms with Crippen molar-refractivity contribution in [3.63, 3.8) is 0 Å². The molecule has 0 aromatic heterocycles. The normalized spacial score (nSPS) is 17.1. The van der Waals surface area contributed by atoms with E-state index in [9.17, 15) is 4.79 Å². The molecule has 0 bridgehead atoms. The fourth-order valence-electron chi connectivity index (χ4n) is 2.30. The molecule has 1 amide bonds. The lowest BCUT2D eigenvalue weighted by Crippen LogP contribution is -2.37. The summed E-state index contributed by atoms with van der Waals surface area (Å²) in [6.07, 6.45) is 4.11. The predicted molar refractivity (Wildman–Crippen MR) is 73.6 cm³/mol. The number of morpholine rings is 1. The van der Waals surface area contributed by atoms with E-state index >= 15 is 0 Å². The Kier molecular flexibility index (Phi) is 8.01. The van der Waals surface area contributed by atoms with Gasteiger partial charge in [0.2, 0.25) is 5.91 Å². The molecule has 0 aliphatic carbocycles. The van der Waals surface area contributed by atoms with Crippen molar-refractivity contribution in [2.45, 2.75) is 39.5 Å². The Morgan fingerprint density at radius 3 is 2.50 bits per heavy atom. The number of nitrogens with zero attached hydrogens (tertiary/aromatic N) is 1. The molecule has 106 valence electrons. The minimum atomic E-state index is 0.198. The fourth-order valence-corrected chi connectivity index (χ4v) is 2.30. The molecule has 1 rings (SSSR count). The average molecular weight is 256 g/mol. The molecule has 0 atom stereocenters. The van der Waals surface area contributed by atoms with Crippen LogP contribution < -0.4 is 5.32 Å². The first-order chi connectivity index (χ1) is 8.77. The Balaban J connectivity index is 1.99. The van der Waals surface area contributed by atoms with Crippen LogP contribution in [0.15, 0.2) is 0 Å². The number of amides is 1. The highest BCUT2D eigenvalue weighted by molar-refractivity contribution is 5.78. The SMILES string of the molecule is CCC(CC)C(=O)NCCCCN1CCOCC1. The lowest BCUT2D eigenvalue weighted by molar-refractivity contribution is -0.125. The van der Waals surface area contributed by atoms with Gasteiger partial charge in [0.25, 0.3) is 0 Å². The number of carbonyl (C=O) groups excluding carboxylic acids is 1. The van der Waals surface area contributed by atoms with Gasteiger partial charge in [0, 0.05) is 25.6 Å². The second-order valence-corrected chi connectivity index (χ2v) is 4.97. The lowest BCUT2D eigenvalue weighted by atomic mass is 10.0. The van der Waals surface area contributed by atoms with Crippen molar-refractivity contribution in [3.05, 3.63) is 0 Å². The molecule has 1 N–H and O–H groups in total. The Bertz CT molecular complexity index is 224. The average Bonchev–Trinajstić information content (AvgIpc) is 2.41. The molecule has 1 aliphatic heterocycles. The molecule has 0 unspecified atom stereocenters. The van der Waals surface area contributed by atoms with Crippen LogP contribution in [0.2, 0.25) is 0 Å². The van der Waals surface area contributed by atoms with Gasteiger partial charge in [-0.1, -0.05) is 13.8 Å². The van der Waals surface area contributed by atoms with Gasteiger partial charge in [0.1, 0.15) is 0 Å². The standard InChI is InChI=1S/C14H28N2O2/c1-3-13(4-2)14(17)15-7-5-6-8-16-9-11-18-12-10-16/h13H,3-12H2,1-2H3,(H,15,17). The van der Waals surface area contributed by atoms with E-state index in [1.165, 1.54) is 0 Å². The van der Waals surface area contributed by atoms with Crippen molar-refractivity contribution in [1.82, 2.24) is 10.2 Å². The first kappa shape index (κ1) is 15.4. The van der Waals surface area contributed by atoms with E-state index in [4.69, 9.17) is 4.74 Å². The van der Waals surface area contributed by atoms with Crippen molar-refractivity contribution >= 4 is 5.91 Å². The summed E-state index contributed by atoms with van der Waals surface area (Å²) in [5.41, 5.74) is 0. The van der Waals surface area contributed by atoms with Gasteiger partial charge in [0.15, 0.2) is 0 Å². The minimum Gasteiger partial charge on any atom is -0.379 e. The van der Waals surface area contributed by atoms with Crippen molar-refractivity contribution in [3.8, 4) is 0 Å². The van der Waals surface area contributed by atoms with Crippen LogP contribution in [0.3, 0.4) is 0 Å². The number of unbranched alkanes of at least 4 members (excludes halogenated alkanes) is 1. The van der Waals surface area contributed by atoms with Crippen LogP contribution in [0.4, 0.5) is 0 Å². The summed E-state index contributed by atoms with van der Waals surface area (Å²) in [6.45, 7) is 9.94. The van der Waals surface area contributed by atoms with E-state index in [2.05, 4.69) is 24.1 Å². The molecule has 0 saturated carbocycles. The van der Waals surface area contributed by atoms with Gasteiger partial charge < -0.3 is 10.1 Å². The zero-order valence-corrected chi connectivity index (χ0v) is 11.9. The highest BCUT2D eigenvalue weighted by atomic mass is 16.5. The van der Waals surface area contributed by atoms with E-state index in [0.29, 0.717) is 0 Å². The first-order valence-electron chi connectivity index (χ1n) is 7.35. The predicted octanol–water partition coefficient (Wildman–Crippen LogP) is 1.65. The van der Waals surface area contributed by atoms with Crippen LogP contribution in [-0.4, -0.2) is 50.2 Å². The number of carbonyl (C=O) groups is 1. The van der Waals surface area contributed by atoms with Gasteiger partial charge in [-0.25, -0.2) is 0 Å². The van der Waals surface area contributed by atoms with Crippen LogP contribution in [0.25, 0.3) is 0 Å². The van der Waals surface area contributed by atoms with Crippen molar-refractivity contribution in [1.29, 1.82) is 0 Å². The molecule has 1 aliphatic rings. The highest BCUT2D eigenvalue weighted by Crippen LogP contribution is 2.07. The van der Waals surface area contributed by atoms with E-state index < -0.39 is 0 Å². The maximum absolute atomic E-state index is 11.7. The minimum absolute atomic E-state index is 0.198.